The molecule has 1 fully saturated rings. The third-order valence-electron chi connectivity index (χ3n) is 3.65. The number of fused-ring (bicyclic) bond motifs is 1. The first kappa shape index (κ1) is 12.9. The van der Waals surface area contributed by atoms with Crippen molar-refractivity contribution in [2.24, 2.45) is 0 Å². The summed E-state index contributed by atoms with van der Waals surface area (Å²) in [6.45, 7) is 1.85. The van der Waals surface area contributed by atoms with Gasteiger partial charge in [0.05, 0.1) is 5.52 Å². The third-order valence-corrected chi connectivity index (χ3v) is 3.65. The zero-order valence-corrected chi connectivity index (χ0v) is 11.4. The largest absolute Gasteiger partial charge is 0.484 e. The fourth-order valence-electron chi connectivity index (χ4n) is 2.52. The molecule has 1 aliphatic heterocycles. The second kappa shape index (κ2) is 5.90. The van der Waals surface area contributed by atoms with E-state index in [1.54, 1.807) is 6.20 Å². The molecular weight excluding hydrogens is 252 g/mol. The molecular formula is C16H18N2O2. The van der Waals surface area contributed by atoms with Crippen LogP contribution in [0.1, 0.15) is 19.3 Å². The molecule has 0 saturated carbocycles. The minimum Gasteiger partial charge on any atom is -0.484 e. The quantitative estimate of drug-likeness (QED) is 0.861. The van der Waals surface area contributed by atoms with Crippen molar-refractivity contribution in [2.45, 2.75) is 19.3 Å². The Kier molecular flexibility index (Phi) is 3.81. The summed E-state index contributed by atoms with van der Waals surface area (Å²) < 4.78 is 5.61. The second-order valence-electron chi connectivity index (χ2n) is 5.09. The van der Waals surface area contributed by atoms with Crippen LogP contribution in [0.5, 0.6) is 5.75 Å². The highest BCUT2D eigenvalue weighted by molar-refractivity contribution is 5.80. The summed E-state index contributed by atoms with van der Waals surface area (Å²) in [5, 5.41) is 1.02. The van der Waals surface area contributed by atoms with E-state index < -0.39 is 0 Å². The summed E-state index contributed by atoms with van der Waals surface area (Å²) in [6.07, 6.45) is 5.20. The van der Waals surface area contributed by atoms with Crippen molar-refractivity contribution < 1.29 is 9.53 Å². The predicted octanol–water partition coefficient (Wildman–Crippen LogP) is 2.63. The molecule has 4 heteroatoms. The first-order valence-electron chi connectivity index (χ1n) is 7.08. The number of hydrogen-bond acceptors (Lipinski definition) is 3. The summed E-state index contributed by atoms with van der Waals surface area (Å²) >= 11 is 0. The highest BCUT2D eigenvalue weighted by Gasteiger charge is 2.16. The SMILES string of the molecule is O=C(COc1ccc2ncccc2c1)N1CCCCC1. The number of carbonyl (C=O) groups is 1. The molecule has 0 N–H and O–H groups in total. The van der Waals surface area contributed by atoms with E-state index in [2.05, 4.69) is 4.98 Å². The Balaban J connectivity index is 1.62. The van der Waals surface area contributed by atoms with Crippen LogP contribution in [0.2, 0.25) is 0 Å². The number of aromatic nitrogens is 1. The molecule has 3 rings (SSSR count). The van der Waals surface area contributed by atoms with E-state index in [1.165, 1.54) is 6.42 Å². The average molecular weight is 270 g/mol. The number of rotatable bonds is 3. The van der Waals surface area contributed by atoms with Crippen LogP contribution < -0.4 is 4.74 Å². The Labute approximate surface area is 118 Å². The van der Waals surface area contributed by atoms with Gasteiger partial charge in [-0.05, 0) is 43.5 Å². The number of amides is 1. The van der Waals surface area contributed by atoms with Gasteiger partial charge in [-0.2, -0.15) is 0 Å². The number of carbonyl (C=O) groups excluding carboxylic acids is 1. The monoisotopic (exact) mass is 270 g/mol. The molecule has 0 aliphatic carbocycles. The van der Waals surface area contributed by atoms with Gasteiger partial charge >= 0.3 is 0 Å². The van der Waals surface area contributed by atoms with Gasteiger partial charge in [0, 0.05) is 24.7 Å². The van der Waals surface area contributed by atoms with Crippen LogP contribution in [0.25, 0.3) is 10.9 Å². The number of nitrogens with zero attached hydrogens (tertiary/aromatic N) is 2. The molecule has 1 saturated heterocycles. The Morgan fingerprint density at radius 3 is 2.90 bits per heavy atom. The minimum atomic E-state index is 0.0796. The predicted molar refractivity (Wildman–Crippen MR) is 77.7 cm³/mol. The summed E-state index contributed by atoms with van der Waals surface area (Å²) in [5.74, 6) is 0.798. The van der Waals surface area contributed by atoms with Gasteiger partial charge in [-0.3, -0.25) is 9.78 Å². The molecule has 2 aromatic rings. The first-order valence-corrected chi connectivity index (χ1v) is 7.08. The van der Waals surface area contributed by atoms with Crippen LogP contribution in [-0.4, -0.2) is 35.5 Å². The summed E-state index contributed by atoms with van der Waals surface area (Å²) in [5.41, 5.74) is 0.933. The number of pyridine rings is 1. The van der Waals surface area contributed by atoms with E-state index in [4.69, 9.17) is 4.74 Å². The fourth-order valence-corrected chi connectivity index (χ4v) is 2.52. The molecule has 0 atom stereocenters. The van der Waals surface area contributed by atoms with Gasteiger partial charge in [0.2, 0.25) is 0 Å². The van der Waals surface area contributed by atoms with E-state index in [-0.39, 0.29) is 12.5 Å². The van der Waals surface area contributed by atoms with Crippen molar-refractivity contribution in [2.75, 3.05) is 19.7 Å². The van der Waals surface area contributed by atoms with E-state index in [9.17, 15) is 4.79 Å². The van der Waals surface area contributed by atoms with Crippen LogP contribution in [0, 0.1) is 0 Å². The fraction of sp³-hybridized carbons (Fsp3) is 0.375. The maximum Gasteiger partial charge on any atom is 0.260 e. The molecule has 4 nitrogen and oxygen atoms in total. The highest BCUT2D eigenvalue weighted by Crippen LogP contribution is 2.19. The average Bonchev–Trinajstić information content (AvgIpc) is 2.53. The van der Waals surface area contributed by atoms with Gasteiger partial charge in [0.25, 0.3) is 5.91 Å². The molecule has 0 bridgehead atoms. The zero-order chi connectivity index (χ0) is 13.8. The molecule has 1 aromatic carbocycles. The Morgan fingerprint density at radius 2 is 2.05 bits per heavy atom. The van der Waals surface area contributed by atoms with Crippen molar-refractivity contribution in [1.82, 2.24) is 9.88 Å². The second-order valence-corrected chi connectivity index (χ2v) is 5.09. The van der Waals surface area contributed by atoms with E-state index in [1.807, 2.05) is 35.2 Å². The van der Waals surface area contributed by atoms with Gasteiger partial charge in [-0.15, -0.1) is 0 Å². The number of benzene rings is 1. The Bertz CT molecular complexity index is 606. The van der Waals surface area contributed by atoms with Crippen LogP contribution >= 0.6 is 0 Å². The molecule has 20 heavy (non-hydrogen) atoms. The van der Waals surface area contributed by atoms with E-state index in [0.717, 1.165) is 42.6 Å². The third kappa shape index (κ3) is 2.90. The number of ether oxygens (including phenoxy) is 1. The number of likely N-dealkylation sites (tertiary alicyclic amines) is 1. The topological polar surface area (TPSA) is 42.4 Å². The highest BCUT2D eigenvalue weighted by atomic mass is 16.5. The molecule has 1 amide bonds. The number of hydrogen-bond donors (Lipinski definition) is 0. The zero-order valence-electron chi connectivity index (χ0n) is 11.4. The van der Waals surface area contributed by atoms with Gasteiger partial charge in [0.1, 0.15) is 5.75 Å². The number of piperidine rings is 1. The van der Waals surface area contributed by atoms with E-state index >= 15 is 0 Å². The molecule has 0 spiro atoms. The summed E-state index contributed by atoms with van der Waals surface area (Å²) in [7, 11) is 0. The Morgan fingerprint density at radius 1 is 1.20 bits per heavy atom. The van der Waals surface area contributed by atoms with Crippen LogP contribution in [0.3, 0.4) is 0 Å². The minimum absolute atomic E-state index is 0.0796. The van der Waals surface area contributed by atoms with Crippen molar-refractivity contribution in [3.8, 4) is 5.75 Å². The molecule has 104 valence electrons. The van der Waals surface area contributed by atoms with E-state index in [0.29, 0.717) is 0 Å². The lowest BCUT2D eigenvalue weighted by Crippen LogP contribution is -2.38. The van der Waals surface area contributed by atoms with Gasteiger partial charge in [0.15, 0.2) is 6.61 Å². The normalized spacial score (nSPS) is 15.3. The summed E-state index contributed by atoms with van der Waals surface area (Å²) in [4.78, 5) is 18.2. The lowest BCUT2D eigenvalue weighted by molar-refractivity contribution is -0.134. The maximum absolute atomic E-state index is 12.0. The van der Waals surface area contributed by atoms with Gasteiger partial charge in [-0.25, -0.2) is 0 Å². The molecule has 1 aromatic heterocycles. The van der Waals surface area contributed by atoms with Crippen molar-refractivity contribution >= 4 is 16.8 Å². The molecule has 0 radical (unpaired) electrons. The van der Waals surface area contributed by atoms with Crippen molar-refractivity contribution in [3.05, 3.63) is 36.5 Å². The lowest BCUT2D eigenvalue weighted by Gasteiger charge is -2.26. The van der Waals surface area contributed by atoms with Gasteiger partial charge < -0.3 is 9.64 Å². The van der Waals surface area contributed by atoms with Crippen LogP contribution in [0.4, 0.5) is 0 Å². The van der Waals surface area contributed by atoms with Crippen LogP contribution in [0.15, 0.2) is 36.5 Å². The standard InChI is InChI=1S/C16H18N2O2/c19-16(18-9-2-1-3-10-18)12-20-14-6-7-15-13(11-14)5-4-8-17-15/h4-8,11H,1-3,9-10,12H2. The molecule has 1 aliphatic rings. The van der Waals surface area contributed by atoms with Gasteiger partial charge in [-0.1, -0.05) is 6.07 Å². The van der Waals surface area contributed by atoms with Crippen molar-refractivity contribution in [1.29, 1.82) is 0 Å². The maximum atomic E-state index is 12.0. The molecule has 0 unspecified atom stereocenters. The lowest BCUT2D eigenvalue weighted by atomic mass is 10.1. The smallest absolute Gasteiger partial charge is 0.260 e. The first-order chi connectivity index (χ1) is 9.83. The summed E-state index contributed by atoms with van der Waals surface area (Å²) in [6, 6.07) is 9.58. The molecule has 2 heterocycles. The van der Waals surface area contributed by atoms with Crippen LogP contribution in [-0.2, 0) is 4.79 Å². The Hall–Kier alpha value is -2.10. The van der Waals surface area contributed by atoms with Crippen molar-refractivity contribution in [3.63, 3.8) is 0 Å².